The van der Waals surface area contributed by atoms with Crippen LogP contribution in [0.3, 0.4) is 0 Å². The van der Waals surface area contributed by atoms with E-state index in [0.29, 0.717) is 16.5 Å². The van der Waals surface area contributed by atoms with Crippen LogP contribution in [0.2, 0.25) is 10.0 Å². The van der Waals surface area contributed by atoms with Gasteiger partial charge in [-0.15, -0.1) is 0 Å². The number of halogens is 2. The first-order valence-electron chi connectivity index (χ1n) is 12.5. The zero-order valence-electron chi connectivity index (χ0n) is 21.6. The van der Waals surface area contributed by atoms with Crippen LogP contribution in [0.15, 0.2) is 41.6 Å². The second kappa shape index (κ2) is 10.5. The van der Waals surface area contributed by atoms with Gasteiger partial charge in [0.15, 0.2) is 6.61 Å². The number of benzene rings is 2. The van der Waals surface area contributed by atoms with Crippen LogP contribution < -0.4 is 0 Å². The molecule has 0 aromatic heterocycles. The number of methoxy groups -OCH3 is 1. The fraction of sp³-hybridized carbons (Fsp3) is 0.467. The molecule has 2 aromatic carbocycles. The van der Waals surface area contributed by atoms with Crippen molar-refractivity contribution in [2.24, 2.45) is 16.5 Å². The van der Waals surface area contributed by atoms with Crippen molar-refractivity contribution in [3.05, 3.63) is 68.7 Å². The highest BCUT2D eigenvalue weighted by atomic mass is 35.5. The van der Waals surface area contributed by atoms with E-state index in [9.17, 15) is 4.79 Å². The zero-order chi connectivity index (χ0) is 26.1. The van der Waals surface area contributed by atoms with E-state index in [-0.39, 0.29) is 29.8 Å². The molecule has 0 aliphatic heterocycles. The van der Waals surface area contributed by atoms with E-state index in [4.69, 9.17) is 32.8 Å². The zero-order valence-corrected chi connectivity index (χ0v) is 23.1. The molecule has 0 saturated heterocycles. The van der Waals surface area contributed by atoms with Crippen LogP contribution in [0, 0.1) is 23.2 Å². The third-order valence-electron chi connectivity index (χ3n) is 8.03. The van der Waals surface area contributed by atoms with Crippen molar-refractivity contribution >= 4 is 34.9 Å². The maximum Gasteiger partial charge on any atom is 0.311 e. The van der Waals surface area contributed by atoms with E-state index in [1.165, 1.54) is 7.11 Å². The number of nitrogens with zero attached hydrogens (tertiary/aromatic N) is 1. The summed E-state index contributed by atoms with van der Waals surface area (Å²) in [5, 5.41) is 5.82. The van der Waals surface area contributed by atoms with Gasteiger partial charge < -0.3 is 9.57 Å². The molecule has 1 fully saturated rings. The summed E-state index contributed by atoms with van der Waals surface area (Å²) in [7, 11) is 1.46. The molecule has 3 atom stereocenters. The summed E-state index contributed by atoms with van der Waals surface area (Å²) in [5.74, 6) is 6.02. The van der Waals surface area contributed by atoms with E-state index in [0.717, 1.165) is 47.2 Å². The van der Waals surface area contributed by atoms with Gasteiger partial charge in [-0.3, -0.25) is 4.79 Å². The summed E-state index contributed by atoms with van der Waals surface area (Å²) >= 11 is 13.9. The standard InChI is InChI=1S/C30H33Cl2NO3/c1-19(2)25-22(31)17-21-26(27(25)32)23(33-36-16-9-13-20-11-7-6-8-12-20)18-24-29(21,3)14-10-15-30(24,4)28(34)35-5/h6-8,11-12,17,19,24H,10,14-16,18H2,1-5H3/b33-23+/t24-,29-,30-/m1/s1. The van der Waals surface area contributed by atoms with Gasteiger partial charge in [0.1, 0.15) is 0 Å². The Morgan fingerprint density at radius 3 is 2.58 bits per heavy atom. The Hall–Kier alpha value is -2.48. The average Bonchev–Trinajstić information content (AvgIpc) is 2.84. The van der Waals surface area contributed by atoms with Crippen LogP contribution in [0.4, 0.5) is 0 Å². The molecule has 36 heavy (non-hydrogen) atoms. The summed E-state index contributed by atoms with van der Waals surface area (Å²) in [6.45, 7) is 8.54. The van der Waals surface area contributed by atoms with Gasteiger partial charge in [0.05, 0.1) is 23.3 Å². The van der Waals surface area contributed by atoms with Crippen molar-refractivity contribution in [3.63, 3.8) is 0 Å². The monoisotopic (exact) mass is 525 g/mol. The van der Waals surface area contributed by atoms with Crippen LogP contribution in [0.5, 0.6) is 0 Å². The van der Waals surface area contributed by atoms with Gasteiger partial charge in [0.2, 0.25) is 0 Å². The van der Waals surface area contributed by atoms with Crippen LogP contribution in [-0.4, -0.2) is 25.4 Å². The first kappa shape index (κ1) is 26.6. The molecule has 0 unspecified atom stereocenters. The van der Waals surface area contributed by atoms with Crippen LogP contribution in [0.25, 0.3) is 0 Å². The minimum atomic E-state index is -0.650. The predicted molar refractivity (Wildman–Crippen MR) is 146 cm³/mol. The van der Waals surface area contributed by atoms with Crippen molar-refractivity contribution in [2.45, 2.75) is 64.7 Å². The number of oxime groups is 1. The Labute approximate surface area is 224 Å². The number of hydrogen-bond donors (Lipinski definition) is 0. The van der Waals surface area contributed by atoms with Gasteiger partial charge in [-0.25, -0.2) is 0 Å². The lowest BCUT2D eigenvalue weighted by molar-refractivity contribution is -0.160. The maximum atomic E-state index is 13.1. The molecule has 6 heteroatoms. The molecule has 2 aliphatic rings. The van der Waals surface area contributed by atoms with Gasteiger partial charge in [-0.1, -0.05) is 85.6 Å². The highest BCUT2D eigenvalue weighted by molar-refractivity contribution is 6.39. The van der Waals surface area contributed by atoms with E-state index in [2.05, 4.69) is 37.8 Å². The second-order valence-electron chi connectivity index (χ2n) is 10.6. The van der Waals surface area contributed by atoms with Crippen LogP contribution in [-0.2, 0) is 19.8 Å². The SMILES string of the molecule is COC(=O)[C@]1(C)CCC[C@]2(C)c3cc(Cl)c(C(C)C)c(Cl)c3/C(=N/OCC#Cc3ccccc3)C[C@@H]12. The summed E-state index contributed by atoms with van der Waals surface area (Å²) in [5.41, 5.74) is 3.52. The van der Waals surface area contributed by atoms with Crippen molar-refractivity contribution in [1.29, 1.82) is 0 Å². The number of hydrogen-bond acceptors (Lipinski definition) is 4. The van der Waals surface area contributed by atoms with E-state index in [1.54, 1.807) is 0 Å². The summed E-state index contributed by atoms with van der Waals surface area (Å²) in [6.07, 6.45) is 3.16. The number of fused-ring (bicyclic) bond motifs is 3. The molecule has 1 saturated carbocycles. The number of rotatable bonds is 4. The summed E-state index contributed by atoms with van der Waals surface area (Å²) in [6, 6.07) is 11.8. The van der Waals surface area contributed by atoms with E-state index >= 15 is 0 Å². The molecule has 0 heterocycles. The Balaban J connectivity index is 1.79. The Bertz CT molecular complexity index is 1240. The largest absolute Gasteiger partial charge is 0.469 e. The molecule has 4 rings (SSSR count). The van der Waals surface area contributed by atoms with Gasteiger partial charge in [-0.2, -0.15) is 0 Å². The Kier molecular flexibility index (Phi) is 7.74. The lowest BCUT2D eigenvalue weighted by Gasteiger charge is -2.54. The molecule has 2 aliphatic carbocycles. The fourth-order valence-corrected chi connectivity index (χ4v) is 7.20. The molecular formula is C30H33Cl2NO3. The quantitative estimate of drug-likeness (QED) is 0.179. The van der Waals surface area contributed by atoms with E-state index < -0.39 is 5.41 Å². The number of esters is 1. The molecule has 4 nitrogen and oxygen atoms in total. The highest BCUT2D eigenvalue weighted by Gasteiger charge is 2.57. The van der Waals surface area contributed by atoms with Crippen LogP contribution >= 0.6 is 23.2 Å². The lowest BCUT2D eigenvalue weighted by Crippen LogP contribution is -2.54. The minimum Gasteiger partial charge on any atom is -0.469 e. The number of ether oxygens (including phenoxy) is 1. The van der Waals surface area contributed by atoms with Crippen molar-refractivity contribution < 1.29 is 14.4 Å². The van der Waals surface area contributed by atoms with Gasteiger partial charge in [0.25, 0.3) is 0 Å². The lowest BCUT2D eigenvalue weighted by atomic mass is 9.49. The van der Waals surface area contributed by atoms with Gasteiger partial charge >= 0.3 is 5.97 Å². The second-order valence-corrected chi connectivity index (χ2v) is 11.4. The third-order valence-corrected chi connectivity index (χ3v) is 8.74. The van der Waals surface area contributed by atoms with Crippen LogP contribution in [0.1, 0.15) is 81.5 Å². The molecular weight excluding hydrogens is 493 g/mol. The maximum absolute atomic E-state index is 13.1. The Morgan fingerprint density at radius 2 is 1.92 bits per heavy atom. The van der Waals surface area contributed by atoms with Gasteiger partial charge in [0, 0.05) is 16.1 Å². The molecule has 190 valence electrons. The third kappa shape index (κ3) is 4.64. The fourth-order valence-electron chi connectivity index (χ4n) is 6.20. The molecule has 0 N–H and O–H groups in total. The molecule has 0 bridgehead atoms. The predicted octanol–water partition coefficient (Wildman–Crippen LogP) is 7.53. The number of carbonyl (C=O) groups excluding carboxylic acids is 1. The highest BCUT2D eigenvalue weighted by Crippen LogP contribution is 2.59. The summed E-state index contributed by atoms with van der Waals surface area (Å²) < 4.78 is 5.28. The molecule has 0 amide bonds. The first-order chi connectivity index (χ1) is 17.1. The average molecular weight is 527 g/mol. The van der Waals surface area contributed by atoms with Crippen molar-refractivity contribution in [3.8, 4) is 11.8 Å². The molecule has 0 radical (unpaired) electrons. The van der Waals surface area contributed by atoms with Crippen molar-refractivity contribution in [2.75, 3.05) is 13.7 Å². The normalized spacial score (nSPS) is 26.0. The smallest absolute Gasteiger partial charge is 0.311 e. The topological polar surface area (TPSA) is 47.9 Å². The molecule has 2 aromatic rings. The first-order valence-corrected chi connectivity index (χ1v) is 13.2. The number of carbonyl (C=O) groups is 1. The molecule has 0 spiro atoms. The minimum absolute atomic E-state index is 0.0338. The summed E-state index contributed by atoms with van der Waals surface area (Å²) in [4.78, 5) is 18.8. The van der Waals surface area contributed by atoms with Crippen molar-refractivity contribution in [1.82, 2.24) is 0 Å². The van der Waals surface area contributed by atoms with E-state index in [1.807, 2.05) is 43.3 Å². The van der Waals surface area contributed by atoms with Gasteiger partial charge in [-0.05, 0) is 72.8 Å². The Morgan fingerprint density at radius 1 is 1.19 bits per heavy atom.